The van der Waals surface area contributed by atoms with Crippen molar-refractivity contribution in [3.63, 3.8) is 0 Å². The Bertz CT molecular complexity index is 797. The summed E-state index contributed by atoms with van der Waals surface area (Å²) in [6.45, 7) is 8.87. The first-order valence-electron chi connectivity index (χ1n) is 6.54. The van der Waals surface area contributed by atoms with Crippen LogP contribution in [-0.2, 0) is 4.74 Å². The summed E-state index contributed by atoms with van der Waals surface area (Å²) in [7, 11) is 0. The van der Waals surface area contributed by atoms with E-state index in [0.29, 0.717) is 15.6 Å². The molecule has 0 saturated carbocycles. The summed E-state index contributed by atoms with van der Waals surface area (Å²) < 4.78 is 19.4. The van der Waals surface area contributed by atoms with E-state index in [1.54, 1.807) is 32.9 Å². The monoisotopic (exact) mass is 318 g/mol. The van der Waals surface area contributed by atoms with Gasteiger partial charge in [-0.3, -0.25) is 5.32 Å². The molecule has 22 heavy (non-hydrogen) atoms. The number of carbonyl (C=O) groups excluding carboxylic acids is 1. The number of hydrogen-bond donors (Lipinski definition) is 1. The lowest BCUT2D eigenvalue weighted by Crippen LogP contribution is -2.27. The molecule has 1 aromatic heterocycles. The molecule has 0 aliphatic rings. The lowest BCUT2D eigenvalue weighted by atomic mass is 10.1. The van der Waals surface area contributed by atoms with Gasteiger partial charge in [0.2, 0.25) is 0 Å². The van der Waals surface area contributed by atoms with Crippen LogP contribution in [-0.4, -0.2) is 11.7 Å². The summed E-state index contributed by atoms with van der Waals surface area (Å²) in [5, 5.41) is 12.6. The van der Waals surface area contributed by atoms with Crippen LogP contribution < -0.4 is 5.32 Å². The minimum absolute atomic E-state index is 0.209. The Hall–Kier alpha value is -2.39. The molecule has 114 valence electrons. The average molecular weight is 318 g/mol. The number of rotatable bonds is 2. The molecule has 6 heteroatoms. The van der Waals surface area contributed by atoms with Crippen molar-refractivity contribution >= 4 is 38.6 Å². The molecule has 0 fully saturated rings. The quantitative estimate of drug-likeness (QED) is 0.856. The second-order valence-corrected chi connectivity index (χ2v) is 6.61. The van der Waals surface area contributed by atoms with Crippen molar-refractivity contribution in [1.29, 1.82) is 5.26 Å². The molecule has 0 spiro atoms. The van der Waals surface area contributed by atoms with Gasteiger partial charge in [0.1, 0.15) is 22.5 Å². The Labute approximate surface area is 131 Å². The zero-order valence-corrected chi connectivity index (χ0v) is 13.3. The summed E-state index contributed by atoms with van der Waals surface area (Å²) in [5.74, 6) is -0.445. The molecule has 2 rings (SSSR count). The van der Waals surface area contributed by atoms with E-state index in [-0.39, 0.29) is 10.6 Å². The van der Waals surface area contributed by atoms with E-state index in [0.717, 1.165) is 11.3 Å². The molecule has 1 N–H and O–H groups in total. The van der Waals surface area contributed by atoms with Crippen LogP contribution in [0.1, 0.15) is 31.9 Å². The van der Waals surface area contributed by atoms with Crippen molar-refractivity contribution < 1.29 is 13.9 Å². The predicted octanol–water partition coefficient (Wildman–Crippen LogP) is 4.90. The third-order valence-electron chi connectivity index (χ3n) is 2.77. The van der Waals surface area contributed by atoms with Crippen LogP contribution in [0.2, 0.25) is 0 Å². The van der Waals surface area contributed by atoms with Crippen molar-refractivity contribution in [2.45, 2.75) is 26.4 Å². The normalized spacial score (nSPS) is 11.0. The fraction of sp³-hybridized carbons (Fsp3) is 0.250. The molecule has 1 amide bonds. The molecular weight excluding hydrogens is 303 g/mol. The number of nitriles is 1. The molecular formula is C16H15FN2O2S. The second-order valence-electron chi connectivity index (χ2n) is 5.59. The highest BCUT2D eigenvalue weighted by molar-refractivity contribution is 7.23. The molecule has 1 aromatic carbocycles. The van der Waals surface area contributed by atoms with Gasteiger partial charge in [0.05, 0.1) is 10.3 Å². The molecule has 0 radical (unpaired) electrons. The van der Waals surface area contributed by atoms with Crippen LogP contribution in [0.25, 0.3) is 16.2 Å². The van der Waals surface area contributed by atoms with E-state index in [1.165, 1.54) is 6.07 Å². The smallest absolute Gasteiger partial charge is 0.412 e. The highest BCUT2D eigenvalue weighted by Crippen LogP contribution is 2.39. The predicted molar refractivity (Wildman–Crippen MR) is 86.4 cm³/mol. The van der Waals surface area contributed by atoms with Gasteiger partial charge in [0, 0.05) is 5.39 Å². The molecule has 2 aromatic rings. The molecule has 0 bridgehead atoms. The number of carbonyl (C=O) groups is 1. The largest absolute Gasteiger partial charge is 0.444 e. The van der Waals surface area contributed by atoms with Crippen molar-refractivity contribution in [2.75, 3.05) is 5.32 Å². The number of ether oxygens (including phenoxy) is 1. The number of halogens is 1. The van der Waals surface area contributed by atoms with Gasteiger partial charge in [0.15, 0.2) is 0 Å². The van der Waals surface area contributed by atoms with Crippen LogP contribution >= 0.6 is 11.3 Å². The van der Waals surface area contributed by atoms with Crippen LogP contribution in [0.4, 0.5) is 14.2 Å². The first-order valence-corrected chi connectivity index (χ1v) is 7.36. The number of amides is 1. The van der Waals surface area contributed by atoms with E-state index in [2.05, 4.69) is 11.9 Å². The lowest BCUT2D eigenvalue weighted by molar-refractivity contribution is 0.0636. The van der Waals surface area contributed by atoms with Gasteiger partial charge in [-0.1, -0.05) is 18.7 Å². The van der Waals surface area contributed by atoms with Gasteiger partial charge in [-0.2, -0.15) is 5.26 Å². The number of fused-ring (bicyclic) bond motifs is 1. The van der Waals surface area contributed by atoms with Gasteiger partial charge in [-0.05, 0) is 32.4 Å². The van der Waals surface area contributed by atoms with Gasteiger partial charge in [0.25, 0.3) is 0 Å². The molecule has 4 nitrogen and oxygen atoms in total. The topological polar surface area (TPSA) is 62.1 Å². The van der Waals surface area contributed by atoms with E-state index >= 15 is 0 Å². The fourth-order valence-corrected chi connectivity index (χ4v) is 3.03. The maximum Gasteiger partial charge on any atom is 0.412 e. The zero-order chi connectivity index (χ0) is 16.5. The number of benzene rings is 1. The van der Waals surface area contributed by atoms with E-state index in [9.17, 15) is 14.4 Å². The van der Waals surface area contributed by atoms with Crippen molar-refractivity contribution in [1.82, 2.24) is 0 Å². The summed E-state index contributed by atoms with van der Waals surface area (Å²) in [6.07, 6.45) is 0.864. The molecule has 1 heterocycles. The number of thiophene rings is 1. The fourth-order valence-electron chi connectivity index (χ4n) is 1.96. The Balaban J connectivity index is 2.52. The highest BCUT2D eigenvalue weighted by atomic mass is 32.1. The van der Waals surface area contributed by atoms with Crippen LogP contribution in [0, 0.1) is 17.1 Å². The SMILES string of the molecule is C=Cc1ccc(F)c2sc(NC(=O)OC(C)(C)C)c(C#N)c12. The summed E-state index contributed by atoms with van der Waals surface area (Å²) >= 11 is 1.00. The molecule has 0 saturated heterocycles. The Kier molecular flexibility index (Phi) is 4.20. The Morgan fingerprint density at radius 1 is 1.50 bits per heavy atom. The zero-order valence-electron chi connectivity index (χ0n) is 12.5. The third kappa shape index (κ3) is 3.10. The maximum absolute atomic E-state index is 14.0. The first-order chi connectivity index (χ1) is 10.3. The van der Waals surface area contributed by atoms with Gasteiger partial charge < -0.3 is 4.74 Å². The number of nitrogens with zero attached hydrogens (tertiary/aromatic N) is 1. The number of hydrogen-bond acceptors (Lipinski definition) is 4. The molecule has 0 aliphatic heterocycles. The Morgan fingerprint density at radius 2 is 2.18 bits per heavy atom. The summed E-state index contributed by atoms with van der Waals surface area (Å²) in [6, 6.07) is 4.88. The van der Waals surface area contributed by atoms with Crippen molar-refractivity contribution in [3.8, 4) is 6.07 Å². The molecule has 0 unspecified atom stereocenters. The lowest BCUT2D eigenvalue weighted by Gasteiger charge is -2.19. The van der Waals surface area contributed by atoms with Gasteiger partial charge >= 0.3 is 6.09 Å². The van der Waals surface area contributed by atoms with E-state index in [4.69, 9.17) is 4.74 Å². The van der Waals surface area contributed by atoms with Crippen molar-refractivity contribution in [2.24, 2.45) is 0 Å². The van der Waals surface area contributed by atoms with Crippen LogP contribution in [0.5, 0.6) is 0 Å². The van der Waals surface area contributed by atoms with Crippen molar-refractivity contribution in [3.05, 3.63) is 35.7 Å². The second kappa shape index (κ2) is 5.78. The number of nitrogens with one attached hydrogen (secondary N) is 1. The van der Waals surface area contributed by atoms with Gasteiger partial charge in [-0.15, -0.1) is 11.3 Å². The molecule has 0 aliphatic carbocycles. The van der Waals surface area contributed by atoms with E-state index in [1.807, 2.05) is 6.07 Å². The van der Waals surface area contributed by atoms with E-state index < -0.39 is 17.5 Å². The maximum atomic E-state index is 14.0. The third-order valence-corrected chi connectivity index (χ3v) is 3.88. The number of anilines is 1. The molecule has 0 atom stereocenters. The highest BCUT2D eigenvalue weighted by Gasteiger charge is 2.21. The first kappa shape index (κ1) is 16.0. The minimum Gasteiger partial charge on any atom is -0.444 e. The Morgan fingerprint density at radius 3 is 2.73 bits per heavy atom. The summed E-state index contributed by atoms with van der Waals surface area (Å²) in [5.41, 5.74) is 0.187. The van der Waals surface area contributed by atoms with Crippen LogP contribution in [0.15, 0.2) is 18.7 Å². The average Bonchev–Trinajstić information content (AvgIpc) is 2.76. The summed E-state index contributed by atoms with van der Waals surface area (Å²) in [4.78, 5) is 11.9. The minimum atomic E-state index is -0.684. The van der Waals surface area contributed by atoms with Gasteiger partial charge in [-0.25, -0.2) is 9.18 Å². The van der Waals surface area contributed by atoms with Crippen LogP contribution in [0.3, 0.4) is 0 Å². The standard InChI is InChI=1S/C16H15FN2O2S/c1-5-9-6-7-11(17)13-12(9)10(8-18)14(22-13)19-15(20)21-16(2,3)4/h5-7H,1H2,2-4H3,(H,19,20).